The minimum Gasteiger partial charge on any atom is -0.389 e. The fourth-order valence-electron chi connectivity index (χ4n) is 2.36. The molecular weight excluding hydrogens is 233 g/mol. The van der Waals surface area contributed by atoms with E-state index in [9.17, 15) is 14.3 Å². The van der Waals surface area contributed by atoms with Crippen LogP contribution in [-0.4, -0.2) is 40.8 Å². The molecule has 0 radical (unpaired) electrons. The highest BCUT2D eigenvalue weighted by atomic mass is 19.1. The second kappa shape index (κ2) is 6.00. The molecule has 0 aliphatic heterocycles. The molecule has 0 aromatic heterocycles. The summed E-state index contributed by atoms with van der Waals surface area (Å²) in [5.41, 5.74) is -2.08. The molecule has 0 heterocycles. The molecule has 1 rings (SSSR count). The first kappa shape index (κ1) is 15.4. The molecule has 0 atom stereocenters. The van der Waals surface area contributed by atoms with Gasteiger partial charge in [-0.1, -0.05) is 19.3 Å². The number of carbonyl (C=O) groups excluding carboxylic acids is 1. The van der Waals surface area contributed by atoms with E-state index in [2.05, 4.69) is 0 Å². The fourth-order valence-corrected chi connectivity index (χ4v) is 2.36. The van der Waals surface area contributed by atoms with Crippen LogP contribution < -0.4 is 0 Å². The summed E-state index contributed by atoms with van der Waals surface area (Å²) in [4.78, 5) is 13.5. The van der Waals surface area contributed by atoms with Crippen molar-refractivity contribution in [3.8, 4) is 0 Å². The van der Waals surface area contributed by atoms with E-state index in [4.69, 9.17) is 0 Å². The number of nitrogens with zero attached hydrogens (tertiary/aromatic N) is 1. The summed E-state index contributed by atoms with van der Waals surface area (Å²) in [6.45, 7) is 3.43. The molecule has 4 heteroatoms. The first-order chi connectivity index (χ1) is 8.22. The van der Waals surface area contributed by atoms with Crippen LogP contribution in [0.5, 0.6) is 0 Å². The predicted octanol–water partition coefficient (Wildman–Crippen LogP) is 2.67. The molecule has 1 aliphatic rings. The lowest BCUT2D eigenvalue weighted by atomic mass is 9.82. The van der Waals surface area contributed by atoms with Crippen molar-refractivity contribution < 1.29 is 14.3 Å². The molecular formula is C14H26FNO2. The maximum atomic E-state index is 13.4. The van der Waals surface area contributed by atoms with Crippen LogP contribution in [0.15, 0.2) is 0 Å². The van der Waals surface area contributed by atoms with Crippen LogP contribution in [0.25, 0.3) is 0 Å². The molecule has 0 aromatic rings. The van der Waals surface area contributed by atoms with Gasteiger partial charge in [-0.05, 0) is 33.1 Å². The molecule has 18 heavy (non-hydrogen) atoms. The third-order valence-electron chi connectivity index (χ3n) is 3.73. The van der Waals surface area contributed by atoms with Crippen LogP contribution in [-0.2, 0) is 4.79 Å². The number of amides is 1. The van der Waals surface area contributed by atoms with Crippen molar-refractivity contribution in [2.45, 2.75) is 70.1 Å². The molecule has 0 spiro atoms. The van der Waals surface area contributed by atoms with Crippen molar-refractivity contribution in [3.05, 3.63) is 0 Å². The van der Waals surface area contributed by atoms with E-state index in [1.165, 1.54) is 18.7 Å². The van der Waals surface area contributed by atoms with E-state index in [-0.39, 0.29) is 12.3 Å². The molecule has 0 saturated heterocycles. The molecule has 1 saturated carbocycles. The topological polar surface area (TPSA) is 40.5 Å². The second-order valence-electron chi connectivity index (χ2n) is 6.25. The van der Waals surface area contributed by atoms with E-state index < -0.39 is 11.3 Å². The SMILES string of the molecule is CN(CCC(C)(C)F)C(=O)CC1(O)CCCCC1. The summed E-state index contributed by atoms with van der Waals surface area (Å²) >= 11 is 0. The minimum absolute atomic E-state index is 0.0800. The highest BCUT2D eigenvalue weighted by molar-refractivity contribution is 5.77. The van der Waals surface area contributed by atoms with Crippen molar-refractivity contribution in [1.82, 2.24) is 4.90 Å². The second-order valence-corrected chi connectivity index (χ2v) is 6.25. The van der Waals surface area contributed by atoms with Crippen molar-refractivity contribution in [2.75, 3.05) is 13.6 Å². The number of rotatable bonds is 5. The largest absolute Gasteiger partial charge is 0.389 e. The van der Waals surface area contributed by atoms with Crippen LogP contribution >= 0.6 is 0 Å². The summed E-state index contributed by atoms with van der Waals surface area (Å²) in [6, 6.07) is 0. The van der Waals surface area contributed by atoms with Crippen molar-refractivity contribution >= 4 is 5.91 Å². The number of alkyl halides is 1. The third kappa shape index (κ3) is 5.34. The van der Waals surface area contributed by atoms with E-state index in [1.807, 2.05) is 0 Å². The maximum Gasteiger partial charge on any atom is 0.225 e. The van der Waals surface area contributed by atoms with Gasteiger partial charge in [0.05, 0.1) is 12.0 Å². The predicted molar refractivity (Wildman–Crippen MR) is 70.1 cm³/mol. The molecule has 1 aliphatic carbocycles. The molecule has 1 amide bonds. The summed E-state index contributed by atoms with van der Waals surface area (Å²) in [5, 5.41) is 10.3. The van der Waals surface area contributed by atoms with E-state index in [1.54, 1.807) is 7.05 Å². The smallest absolute Gasteiger partial charge is 0.225 e. The number of hydrogen-bond donors (Lipinski definition) is 1. The Labute approximate surface area is 109 Å². The Balaban J connectivity index is 2.39. The summed E-state index contributed by atoms with van der Waals surface area (Å²) < 4.78 is 13.4. The third-order valence-corrected chi connectivity index (χ3v) is 3.73. The molecule has 1 N–H and O–H groups in total. The Bertz CT molecular complexity index is 280. The van der Waals surface area contributed by atoms with Crippen molar-refractivity contribution in [2.24, 2.45) is 0 Å². The zero-order valence-electron chi connectivity index (χ0n) is 11.8. The van der Waals surface area contributed by atoms with Gasteiger partial charge in [-0.2, -0.15) is 0 Å². The summed E-state index contributed by atoms with van der Waals surface area (Å²) in [6.07, 6.45) is 5.05. The number of carbonyl (C=O) groups is 1. The Kier molecular flexibility index (Phi) is 5.14. The van der Waals surface area contributed by atoms with Gasteiger partial charge < -0.3 is 10.0 Å². The first-order valence-electron chi connectivity index (χ1n) is 6.87. The molecule has 1 fully saturated rings. The molecule has 106 valence electrons. The van der Waals surface area contributed by atoms with Crippen LogP contribution in [0, 0.1) is 0 Å². The molecule has 0 unspecified atom stereocenters. The average molecular weight is 259 g/mol. The lowest BCUT2D eigenvalue weighted by Crippen LogP contribution is -2.40. The Morgan fingerprint density at radius 1 is 1.33 bits per heavy atom. The van der Waals surface area contributed by atoms with Crippen LogP contribution in [0.2, 0.25) is 0 Å². The van der Waals surface area contributed by atoms with Crippen molar-refractivity contribution in [3.63, 3.8) is 0 Å². The Morgan fingerprint density at radius 2 is 1.89 bits per heavy atom. The zero-order chi connectivity index (χ0) is 13.8. The van der Waals surface area contributed by atoms with Crippen LogP contribution in [0.4, 0.5) is 4.39 Å². The number of aliphatic hydroxyl groups is 1. The van der Waals surface area contributed by atoms with Gasteiger partial charge in [0.25, 0.3) is 0 Å². The summed E-state index contributed by atoms with van der Waals surface area (Å²) in [5.74, 6) is -0.0800. The van der Waals surface area contributed by atoms with Gasteiger partial charge in [0, 0.05) is 13.6 Å². The lowest BCUT2D eigenvalue weighted by molar-refractivity contribution is -0.136. The quantitative estimate of drug-likeness (QED) is 0.824. The van der Waals surface area contributed by atoms with E-state index >= 15 is 0 Å². The van der Waals surface area contributed by atoms with Gasteiger partial charge in [0.2, 0.25) is 5.91 Å². The Morgan fingerprint density at radius 3 is 2.39 bits per heavy atom. The highest BCUT2D eigenvalue weighted by Crippen LogP contribution is 2.31. The van der Waals surface area contributed by atoms with Crippen molar-refractivity contribution in [1.29, 1.82) is 0 Å². The first-order valence-corrected chi connectivity index (χ1v) is 6.87. The minimum atomic E-state index is -1.25. The lowest BCUT2D eigenvalue weighted by Gasteiger charge is -2.33. The van der Waals surface area contributed by atoms with Crippen LogP contribution in [0.3, 0.4) is 0 Å². The number of hydrogen-bond acceptors (Lipinski definition) is 2. The molecule has 3 nitrogen and oxygen atoms in total. The molecule has 0 aromatic carbocycles. The Hall–Kier alpha value is -0.640. The van der Waals surface area contributed by atoms with Gasteiger partial charge >= 0.3 is 0 Å². The fraction of sp³-hybridized carbons (Fsp3) is 0.929. The average Bonchev–Trinajstić information content (AvgIpc) is 2.25. The monoisotopic (exact) mass is 259 g/mol. The van der Waals surface area contributed by atoms with Gasteiger partial charge in [0.1, 0.15) is 5.67 Å². The maximum absolute atomic E-state index is 13.4. The standard InChI is InChI=1S/C14H26FNO2/c1-13(2,15)9-10-16(3)12(17)11-14(18)7-5-4-6-8-14/h18H,4-11H2,1-3H3. The molecule has 0 bridgehead atoms. The normalized spacial score (nSPS) is 19.6. The van der Waals surface area contributed by atoms with Gasteiger partial charge in [-0.15, -0.1) is 0 Å². The summed E-state index contributed by atoms with van der Waals surface area (Å²) in [7, 11) is 1.68. The van der Waals surface area contributed by atoms with Crippen LogP contribution in [0.1, 0.15) is 58.8 Å². The van der Waals surface area contributed by atoms with Gasteiger partial charge in [-0.25, -0.2) is 4.39 Å². The van der Waals surface area contributed by atoms with E-state index in [0.29, 0.717) is 25.8 Å². The van der Waals surface area contributed by atoms with E-state index in [0.717, 1.165) is 19.3 Å². The zero-order valence-corrected chi connectivity index (χ0v) is 11.8. The van der Waals surface area contributed by atoms with Gasteiger partial charge in [-0.3, -0.25) is 4.79 Å². The highest BCUT2D eigenvalue weighted by Gasteiger charge is 2.32. The number of halogens is 1. The van der Waals surface area contributed by atoms with Gasteiger partial charge in [0.15, 0.2) is 0 Å².